The van der Waals surface area contributed by atoms with Crippen LogP contribution in [0.15, 0.2) is 70.3 Å². The normalized spacial score (nSPS) is 10.9. The Kier molecular flexibility index (Phi) is 8.67. The van der Waals surface area contributed by atoms with E-state index < -0.39 is 11.2 Å². The number of nitrogen functional groups attached to an aromatic ring is 1. The van der Waals surface area contributed by atoms with Crippen LogP contribution in [0.25, 0.3) is 0 Å². The van der Waals surface area contributed by atoms with Crippen LogP contribution in [0.5, 0.6) is 0 Å². The van der Waals surface area contributed by atoms with Crippen molar-refractivity contribution < 1.29 is 4.79 Å². The van der Waals surface area contributed by atoms with Crippen molar-refractivity contribution in [2.24, 2.45) is 5.92 Å². The highest BCUT2D eigenvalue weighted by molar-refractivity contribution is 5.82. The van der Waals surface area contributed by atoms with Crippen LogP contribution in [0.2, 0.25) is 0 Å². The van der Waals surface area contributed by atoms with E-state index in [2.05, 4.69) is 24.1 Å². The van der Waals surface area contributed by atoms with Crippen LogP contribution >= 0.6 is 0 Å². The van der Waals surface area contributed by atoms with Gasteiger partial charge in [0.05, 0.1) is 13.1 Å². The summed E-state index contributed by atoms with van der Waals surface area (Å²) in [5.41, 5.74) is 7.35. The number of aromatic nitrogens is 2. The van der Waals surface area contributed by atoms with Gasteiger partial charge in [0.15, 0.2) is 0 Å². The number of anilines is 2. The average molecular weight is 464 g/mol. The first-order valence-corrected chi connectivity index (χ1v) is 11.6. The average Bonchev–Trinajstić information content (AvgIpc) is 2.81. The molecule has 3 aromatic rings. The van der Waals surface area contributed by atoms with E-state index in [9.17, 15) is 14.4 Å². The molecule has 3 rings (SSSR count). The third kappa shape index (κ3) is 6.84. The van der Waals surface area contributed by atoms with E-state index in [1.54, 1.807) is 4.90 Å². The second kappa shape index (κ2) is 11.9. The molecule has 0 unspecified atom stereocenters. The highest BCUT2D eigenvalue weighted by atomic mass is 16.2. The Morgan fingerprint density at radius 3 is 2.26 bits per heavy atom. The number of carbonyl (C=O) groups excluding carboxylic acids is 1. The third-order valence-electron chi connectivity index (χ3n) is 5.60. The molecule has 0 radical (unpaired) electrons. The predicted octanol–water partition coefficient (Wildman–Crippen LogP) is 2.38. The number of hydrogen-bond donors (Lipinski definition) is 3. The van der Waals surface area contributed by atoms with Crippen LogP contribution in [0.1, 0.15) is 31.4 Å². The number of carbonyl (C=O) groups is 1. The first-order valence-electron chi connectivity index (χ1n) is 11.6. The van der Waals surface area contributed by atoms with Gasteiger partial charge in [0, 0.05) is 13.1 Å². The number of nitrogens with zero attached hydrogens (tertiary/aromatic N) is 2. The Hall–Kier alpha value is -3.81. The number of hydrogen-bond acceptors (Lipinski definition) is 5. The maximum atomic E-state index is 12.8. The Morgan fingerprint density at radius 2 is 1.65 bits per heavy atom. The van der Waals surface area contributed by atoms with Crippen molar-refractivity contribution in [2.75, 3.05) is 30.3 Å². The summed E-state index contributed by atoms with van der Waals surface area (Å²) < 4.78 is 1.34. The second-order valence-corrected chi connectivity index (χ2v) is 8.75. The van der Waals surface area contributed by atoms with E-state index in [4.69, 9.17) is 5.73 Å². The molecule has 0 aliphatic carbocycles. The number of aromatic amines is 1. The van der Waals surface area contributed by atoms with E-state index in [0.29, 0.717) is 25.4 Å². The number of amides is 1. The molecule has 0 spiro atoms. The Balaban J connectivity index is 1.81. The molecule has 8 heteroatoms. The molecule has 4 N–H and O–H groups in total. The maximum absolute atomic E-state index is 12.8. The highest BCUT2D eigenvalue weighted by Crippen LogP contribution is 2.19. The molecule has 0 atom stereocenters. The molecule has 0 saturated heterocycles. The SMILES string of the molecule is CC(C)CCN(CC(=O)NCCc1ccccc1)c1c(N)n(Cc2ccccc2)c(=O)[nH]c1=O. The van der Waals surface area contributed by atoms with Crippen LogP contribution in [-0.4, -0.2) is 35.1 Å². The van der Waals surface area contributed by atoms with Gasteiger partial charge < -0.3 is 16.0 Å². The summed E-state index contributed by atoms with van der Waals surface area (Å²) in [4.78, 5) is 42.1. The fourth-order valence-electron chi connectivity index (χ4n) is 3.71. The van der Waals surface area contributed by atoms with Gasteiger partial charge in [0.2, 0.25) is 5.91 Å². The number of nitrogens with two attached hydrogens (primary N) is 1. The summed E-state index contributed by atoms with van der Waals surface area (Å²) in [6.45, 7) is 5.28. The number of H-pyrrole nitrogens is 1. The van der Waals surface area contributed by atoms with Crippen molar-refractivity contribution in [1.82, 2.24) is 14.9 Å². The molecule has 0 aliphatic rings. The maximum Gasteiger partial charge on any atom is 0.330 e. The van der Waals surface area contributed by atoms with Crippen LogP contribution in [0.3, 0.4) is 0 Å². The molecule has 0 aliphatic heterocycles. The number of benzene rings is 2. The molecule has 1 aromatic heterocycles. The van der Waals surface area contributed by atoms with Crippen LogP contribution in [0.4, 0.5) is 11.5 Å². The lowest BCUT2D eigenvalue weighted by atomic mass is 10.1. The zero-order valence-corrected chi connectivity index (χ0v) is 19.8. The largest absolute Gasteiger partial charge is 0.383 e. The molecule has 34 heavy (non-hydrogen) atoms. The fourth-order valence-corrected chi connectivity index (χ4v) is 3.71. The summed E-state index contributed by atoms with van der Waals surface area (Å²) >= 11 is 0. The molecule has 0 bridgehead atoms. The Morgan fingerprint density at radius 1 is 1.03 bits per heavy atom. The summed E-state index contributed by atoms with van der Waals surface area (Å²) in [5, 5.41) is 2.92. The van der Waals surface area contributed by atoms with E-state index in [-0.39, 0.29) is 30.5 Å². The standard InChI is InChI=1S/C26H33N5O3/c1-19(2)14-16-30(18-22(32)28-15-13-20-9-5-3-6-10-20)23-24(27)31(26(34)29-25(23)33)17-21-11-7-4-8-12-21/h3-12,19H,13-18,27H2,1-2H3,(H,28,32)(H,29,33,34). The lowest BCUT2D eigenvalue weighted by Crippen LogP contribution is -2.44. The van der Waals surface area contributed by atoms with Gasteiger partial charge in [-0.1, -0.05) is 74.5 Å². The summed E-state index contributed by atoms with van der Waals surface area (Å²) in [6, 6.07) is 19.3. The minimum absolute atomic E-state index is 0.0294. The van der Waals surface area contributed by atoms with Gasteiger partial charge in [-0.25, -0.2) is 4.79 Å². The van der Waals surface area contributed by atoms with Gasteiger partial charge in [-0.05, 0) is 29.9 Å². The molecule has 2 aromatic carbocycles. The molecule has 1 amide bonds. The predicted molar refractivity (Wildman–Crippen MR) is 136 cm³/mol. The summed E-state index contributed by atoms with van der Waals surface area (Å²) in [7, 11) is 0. The topological polar surface area (TPSA) is 113 Å². The van der Waals surface area contributed by atoms with Crippen molar-refractivity contribution in [1.29, 1.82) is 0 Å². The van der Waals surface area contributed by atoms with Crippen molar-refractivity contribution in [3.8, 4) is 0 Å². The molecule has 8 nitrogen and oxygen atoms in total. The quantitative estimate of drug-likeness (QED) is 0.404. The third-order valence-corrected chi connectivity index (χ3v) is 5.60. The molecular formula is C26H33N5O3. The number of rotatable bonds is 11. The van der Waals surface area contributed by atoms with Gasteiger partial charge in [0.1, 0.15) is 11.5 Å². The monoisotopic (exact) mass is 463 g/mol. The first kappa shape index (κ1) is 24.8. The van der Waals surface area contributed by atoms with E-state index in [1.165, 1.54) is 4.57 Å². The van der Waals surface area contributed by atoms with Crippen molar-refractivity contribution in [2.45, 2.75) is 33.2 Å². The van der Waals surface area contributed by atoms with E-state index in [1.807, 2.05) is 60.7 Å². The second-order valence-electron chi connectivity index (χ2n) is 8.75. The van der Waals surface area contributed by atoms with Crippen LogP contribution in [0, 0.1) is 5.92 Å². The minimum atomic E-state index is -0.590. The van der Waals surface area contributed by atoms with Gasteiger partial charge in [0.25, 0.3) is 5.56 Å². The van der Waals surface area contributed by atoms with E-state index >= 15 is 0 Å². The summed E-state index contributed by atoms with van der Waals surface area (Å²) in [6.07, 6.45) is 1.47. The molecule has 1 heterocycles. The van der Waals surface area contributed by atoms with Crippen molar-refractivity contribution in [3.05, 3.63) is 92.6 Å². The Labute approximate surface area is 199 Å². The minimum Gasteiger partial charge on any atom is -0.383 e. The lowest BCUT2D eigenvalue weighted by Gasteiger charge is -2.26. The van der Waals surface area contributed by atoms with Gasteiger partial charge in [-0.15, -0.1) is 0 Å². The fraction of sp³-hybridized carbons (Fsp3) is 0.346. The van der Waals surface area contributed by atoms with Gasteiger partial charge in [-0.3, -0.25) is 19.1 Å². The highest BCUT2D eigenvalue weighted by Gasteiger charge is 2.21. The Bertz CT molecular complexity index is 1190. The smallest absolute Gasteiger partial charge is 0.330 e. The van der Waals surface area contributed by atoms with Gasteiger partial charge >= 0.3 is 5.69 Å². The molecule has 180 valence electrons. The van der Waals surface area contributed by atoms with E-state index in [0.717, 1.165) is 17.5 Å². The van der Waals surface area contributed by atoms with Crippen LogP contribution in [-0.2, 0) is 17.8 Å². The van der Waals surface area contributed by atoms with Crippen molar-refractivity contribution >= 4 is 17.4 Å². The van der Waals surface area contributed by atoms with Crippen LogP contribution < -0.4 is 27.2 Å². The van der Waals surface area contributed by atoms with Gasteiger partial charge in [-0.2, -0.15) is 0 Å². The zero-order chi connectivity index (χ0) is 24.5. The molecular weight excluding hydrogens is 430 g/mol. The molecule has 0 saturated carbocycles. The zero-order valence-electron chi connectivity index (χ0n) is 19.8. The van der Waals surface area contributed by atoms with Crippen molar-refractivity contribution in [3.63, 3.8) is 0 Å². The first-order chi connectivity index (χ1) is 16.3. The lowest BCUT2D eigenvalue weighted by molar-refractivity contribution is -0.119. The number of nitrogens with one attached hydrogen (secondary N) is 2. The molecule has 0 fully saturated rings. The summed E-state index contributed by atoms with van der Waals surface area (Å²) in [5.74, 6) is 0.205.